The van der Waals surface area contributed by atoms with Gasteiger partial charge in [0.15, 0.2) is 5.79 Å². The second-order valence-electron chi connectivity index (χ2n) is 5.30. The summed E-state index contributed by atoms with van der Waals surface area (Å²) in [6.45, 7) is 3.52. The molecule has 2 rings (SSSR count). The van der Waals surface area contributed by atoms with Gasteiger partial charge in [-0.1, -0.05) is 30.3 Å². The van der Waals surface area contributed by atoms with Crippen LogP contribution in [0.25, 0.3) is 5.70 Å². The Morgan fingerprint density at radius 2 is 2.00 bits per heavy atom. The minimum atomic E-state index is -0.600. The number of hydrogen-bond acceptors (Lipinski definition) is 6. The molecule has 0 bridgehead atoms. The fourth-order valence-corrected chi connectivity index (χ4v) is 2.24. The fourth-order valence-electron chi connectivity index (χ4n) is 2.24. The molecular weight excluding hydrogens is 296 g/mol. The van der Waals surface area contributed by atoms with Gasteiger partial charge in [0, 0.05) is 19.2 Å². The molecule has 1 saturated heterocycles. The summed E-state index contributed by atoms with van der Waals surface area (Å²) in [6, 6.07) is 9.24. The van der Waals surface area contributed by atoms with E-state index >= 15 is 0 Å². The molecule has 0 saturated carbocycles. The summed E-state index contributed by atoms with van der Waals surface area (Å²) in [6.07, 6.45) is 2.05. The first-order valence-electron chi connectivity index (χ1n) is 7.47. The van der Waals surface area contributed by atoms with Crippen LogP contribution in [-0.2, 0) is 19.0 Å². The minimum absolute atomic E-state index is 0.233. The molecule has 0 aliphatic carbocycles. The van der Waals surface area contributed by atoms with Gasteiger partial charge in [0.1, 0.15) is 5.57 Å². The molecule has 1 aliphatic heterocycles. The summed E-state index contributed by atoms with van der Waals surface area (Å²) in [5.41, 5.74) is 7.40. The van der Waals surface area contributed by atoms with Crippen molar-refractivity contribution < 1.29 is 19.0 Å². The third-order valence-corrected chi connectivity index (χ3v) is 3.59. The van der Waals surface area contributed by atoms with E-state index in [4.69, 9.17) is 19.9 Å². The monoisotopic (exact) mass is 318 g/mol. The first kappa shape index (κ1) is 17.2. The summed E-state index contributed by atoms with van der Waals surface area (Å²) in [4.78, 5) is 16.2. The van der Waals surface area contributed by atoms with Crippen LogP contribution in [0.15, 0.2) is 40.9 Å². The molecule has 0 radical (unpaired) electrons. The lowest BCUT2D eigenvalue weighted by atomic mass is 10.1. The van der Waals surface area contributed by atoms with Gasteiger partial charge in [0.05, 0.1) is 26.0 Å². The molecule has 0 aromatic heterocycles. The van der Waals surface area contributed by atoms with E-state index in [9.17, 15) is 4.79 Å². The molecular formula is C17H22N2O4. The lowest BCUT2D eigenvalue weighted by Crippen LogP contribution is -2.26. The molecule has 1 heterocycles. The van der Waals surface area contributed by atoms with Gasteiger partial charge in [-0.25, -0.2) is 4.79 Å². The van der Waals surface area contributed by atoms with Gasteiger partial charge < -0.3 is 19.9 Å². The Balaban J connectivity index is 2.10. The number of hydrogen-bond donors (Lipinski definition) is 1. The van der Waals surface area contributed by atoms with Crippen molar-refractivity contribution in [3.05, 3.63) is 41.5 Å². The van der Waals surface area contributed by atoms with E-state index in [-0.39, 0.29) is 5.57 Å². The van der Waals surface area contributed by atoms with Gasteiger partial charge in [0.25, 0.3) is 0 Å². The van der Waals surface area contributed by atoms with Crippen LogP contribution in [0.5, 0.6) is 0 Å². The Bertz CT molecular complexity index is 590. The Morgan fingerprint density at radius 3 is 2.61 bits per heavy atom. The van der Waals surface area contributed by atoms with Crippen LogP contribution in [-0.4, -0.2) is 44.8 Å². The zero-order valence-electron chi connectivity index (χ0n) is 13.5. The maximum atomic E-state index is 11.9. The average Bonchev–Trinajstić information content (AvgIpc) is 3.01. The average molecular weight is 318 g/mol. The Morgan fingerprint density at radius 1 is 1.35 bits per heavy atom. The Kier molecular flexibility index (Phi) is 5.90. The molecule has 0 amide bonds. The van der Waals surface area contributed by atoms with Crippen molar-refractivity contribution in [3.8, 4) is 0 Å². The predicted octanol–water partition coefficient (Wildman–Crippen LogP) is 1.75. The van der Waals surface area contributed by atoms with E-state index in [1.54, 1.807) is 0 Å². The number of aliphatic imine (C=N–C) groups is 1. The summed E-state index contributed by atoms with van der Waals surface area (Å²) in [7, 11) is 1.32. The van der Waals surface area contributed by atoms with Gasteiger partial charge >= 0.3 is 5.97 Å². The number of ether oxygens (including phenoxy) is 3. The maximum absolute atomic E-state index is 11.9. The van der Waals surface area contributed by atoms with E-state index in [2.05, 4.69) is 4.99 Å². The van der Waals surface area contributed by atoms with Gasteiger partial charge in [0.2, 0.25) is 0 Å². The number of nitrogens with zero attached hydrogens (tertiary/aromatic N) is 1. The first-order valence-corrected chi connectivity index (χ1v) is 7.47. The number of carbonyl (C=O) groups excluding carboxylic acids is 1. The highest BCUT2D eigenvalue weighted by molar-refractivity contribution is 6.15. The van der Waals surface area contributed by atoms with Crippen LogP contribution in [0.4, 0.5) is 0 Å². The second kappa shape index (κ2) is 7.89. The van der Waals surface area contributed by atoms with Crippen molar-refractivity contribution in [3.63, 3.8) is 0 Å². The van der Waals surface area contributed by atoms with E-state index in [1.165, 1.54) is 13.3 Å². The largest absolute Gasteiger partial charge is 0.465 e. The van der Waals surface area contributed by atoms with Crippen molar-refractivity contribution in [2.24, 2.45) is 10.7 Å². The van der Waals surface area contributed by atoms with Crippen LogP contribution in [0.2, 0.25) is 0 Å². The quantitative estimate of drug-likeness (QED) is 0.491. The van der Waals surface area contributed by atoms with Gasteiger partial charge in [-0.15, -0.1) is 0 Å². The van der Waals surface area contributed by atoms with Crippen LogP contribution >= 0.6 is 0 Å². The molecule has 0 unspecified atom stereocenters. The molecule has 23 heavy (non-hydrogen) atoms. The van der Waals surface area contributed by atoms with E-state index < -0.39 is 11.8 Å². The number of benzene rings is 1. The number of carbonyl (C=O) groups is 1. The summed E-state index contributed by atoms with van der Waals surface area (Å²) in [5.74, 6) is -1.12. The number of nitrogens with two attached hydrogens (primary N) is 1. The lowest BCUT2D eigenvalue weighted by Gasteiger charge is -2.20. The highest BCUT2D eigenvalue weighted by Crippen LogP contribution is 2.22. The molecule has 1 fully saturated rings. The molecule has 1 aromatic rings. The van der Waals surface area contributed by atoms with Crippen molar-refractivity contribution in [2.45, 2.75) is 19.1 Å². The molecule has 1 aromatic carbocycles. The normalized spacial score (nSPS) is 18.0. The highest BCUT2D eigenvalue weighted by atomic mass is 16.7. The lowest BCUT2D eigenvalue weighted by molar-refractivity contribution is -0.144. The summed E-state index contributed by atoms with van der Waals surface area (Å²) < 4.78 is 15.8. The smallest absolute Gasteiger partial charge is 0.341 e. The topological polar surface area (TPSA) is 83.1 Å². The maximum Gasteiger partial charge on any atom is 0.341 e. The van der Waals surface area contributed by atoms with Crippen molar-refractivity contribution >= 4 is 17.9 Å². The number of methoxy groups -OCH3 is 1. The molecule has 1 aliphatic rings. The molecule has 124 valence electrons. The van der Waals surface area contributed by atoms with E-state index in [0.717, 1.165) is 5.56 Å². The zero-order valence-corrected chi connectivity index (χ0v) is 13.5. The highest BCUT2D eigenvalue weighted by Gasteiger charge is 2.30. The van der Waals surface area contributed by atoms with Gasteiger partial charge in [-0.05, 0) is 12.5 Å². The standard InChI is InChI=1S/C17H22N2O4/c1-17(22-10-11-23-17)8-9-19-12-14(16(20)21-2)15(18)13-6-4-3-5-7-13/h3-7,12H,8-11,18H2,1-2H3. The van der Waals surface area contributed by atoms with E-state index in [1.807, 2.05) is 37.3 Å². The molecule has 2 N–H and O–H groups in total. The van der Waals surface area contributed by atoms with Crippen LogP contribution in [0.1, 0.15) is 18.9 Å². The van der Waals surface area contributed by atoms with E-state index in [0.29, 0.717) is 31.9 Å². The van der Waals surface area contributed by atoms with Crippen molar-refractivity contribution in [1.82, 2.24) is 0 Å². The van der Waals surface area contributed by atoms with Gasteiger partial charge in [-0.3, -0.25) is 4.99 Å². The molecule has 6 nitrogen and oxygen atoms in total. The summed E-state index contributed by atoms with van der Waals surface area (Å²) in [5, 5.41) is 0. The van der Waals surface area contributed by atoms with Gasteiger partial charge in [-0.2, -0.15) is 0 Å². The third-order valence-electron chi connectivity index (χ3n) is 3.59. The molecule has 0 atom stereocenters. The second-order valence-corrected chi connectivity index (χ2v) is 5.30. The number of rotatable bonds is 6. The minimum Gasteiger partial charge on any atom is -0.465 e. The van der Waals surface area contributed by atoms with Crippen molar-refractivity contribution in [1.29, 1.82) is 0 Å². The van der Waals surface area contributed by atoms with Crippen LogP contribution in [0.3, 0.4) is 0 Å². The van der Waals surface area contributed by atoms with Crippen LogP contribution in [0, 0.1) is 0 Å². The predicted molar refractivity (Wildman–Crippen MR) is 87.9 cm³/mol. The zero-order chi connectivity index (χ0) is 16.7. The Labute approximate surface area is 135 Å². The summed E-state index contributed by atoms with van der Waals surface area (Å²) >= 11 is 0. The Hall–Kier alpha value is -2.18. The molecule has 6 heteroatoms. The van der Waals surface area contributed by atoms with Crippen LogP contribution < -0.4 is 5.73 Å². The van der Waals surface area contributed by atoms with Crippen molar-refractivity contribution in [2.75, 3.05) is 26.9 Å². The SMILES string of the molecule is COC(=O)C(C=NCCC1(C)OCCO1)=C(N)c1ccccc1. The number of esters is 1. The molecule has 0 spiro atoms. The third kappa shape index (κ3) is 4.64. The fraction of sp³-hybridized carbons (Fsp3) is 0.412. The first-order chi connectivity index (χ1) is 11.1.